The van der Waals surface area contributed by atoms with E-state index >= 15 is 0 Å². The molecule has 0 spiro atoms. The number of rotatable bonds is 5. The maximum Gasteiger partial charge on any atom is 0.318 e. The molecule has 1 atom stereocenters. The fourth-order valence-corrected chi connectivity index (χ4v) is 4.50. The normalized spacial score (nSPS) is 16.0. The zero-order valence-corrected chi connectivity index (χ0v) is 16.6. The maximum absolute atomic E-state index is 9.27. The van der Waals surface area contributed by atoms with Crippen LogP contribution in [-0.4, -0.2) is 31.8 Å². The monoisotopic (exact) mass is 462 g/mol. The van der Waals surface area contributed by atoms with Gasteiger partial charge in [0.2, 0.25) is 0 Å². The van der Waals surface area contributed by atoms with Gasteiger partial charge >= 0.3 is 6.01 Å². The van der Waals surface area contributed by atoms with Gasteiger partial charge in [-0.05, 0) is 41.4 Å². The highest BCUT2D eigenvalue weighted by Crippen LogP contribution is 2.37. The van der Waals surface area contributed by atoms with Crippen molar-refractivity contribution in [3.8, 4) is 23.3 Å². The fourth-order valence-electron chi connectivity index (χ4n) is 3.83. The van der Waals surface area contributed by atoms with Gasteiger partial charge in [-0.2, -0.15) is 20.3 Å². The van der Waals surface area contributed by atoms with Crippen LogP contribution in [0.4, 0.5) is 0 Å². The van der Waals surface area contributed by atoms with Crippen LogP contribution in [0.5, 0.6) is 6.01 Å². The molecule has 1 unspecified atom stereocenters. The molecule has 26 heavy (non-hydrogen) atoms. The van der Waals surface area contributed by atoms with Crippen LogP contribution in [0.25, 0.3) is 22.3 Å². The van der Waals surface area contributed by atoms with E-state index in [0.717, 1.165) is 25.9 Å². The molecule has 3 heterocycles. The van der Waals surface area contributed by atoms with Crippen molar-refractivity contribution in [3.63, 3.8) is 0 Å². The number of hydrogen-bond acceptors (Lipinski definition) is 5. The summed E-state index contributed by atoms with van der Waals surface area (Å²) in [5.41, 5.74) is 2.45. The Kier molecular flexibility index (Phi) is 4.80. The van der Waals surface area contributed by atoms with Gasteiger partial charge in [0.25, 0.3) is 0 Å². The summed E-state index contributed by atoms with van der Waals surface area (Å²) in [6.07, 6.45) is 11.0. The lowest BCUT2D eigenvalue weighted by Crippen LogP contribution is -2.17. The molecule has 1 N–H and O–H groups in total. The summed E-state index contributed by atoms with van der Waals surface area (Å²) in [4.78, 5) is 12.1. The topological polar surface area (TPSA) is 92.4 Å². The molecule has 0 amide bonds. The van der Waals surface area contributed by atoms with Crippen LogP contribution in [0.2, 0.25) is 0 Å². The zero-order valence-electron chi connectivity index (χ0n) is 14.4. The lowest BCUT2D eigenvalue weighted by atomic mass is 9.96. The molecular weight excluding hydrogens is 443 g/mol. The first-order valence-electron chi connectivity index (χ1n) is 8.71. The summed E-state index contributed by atoms with van der Waals surface area (Å²) in [7, 11) is 1.56. The van der Waals surface area contributed by atoms with E-state index in [1.54, 1.807) is 7.11 Å². The van der Waals surface area contributed by atoms with Crippen LogP contribution in [0.15, 0.2) is 18.6 Å². The Hall–Kier alpha value is -2.15. The van der Waals surface area contributed by atoms with Crippen molar-refractivity contribution < 1.29 is 4.74 Å². The van der Waals surface area contributed by atoms with Gasteiger partial charge in [-0.3, -0.25) is 4.68 Å². The Labute approximate surface area is 164 Å². The molecule has 1 fully saturated rings. The molecule has 3 aromatic heterocycles. The molecular formula is C18H19IN6O. The second-order valence-electron chi connectivity index (χ2n) is 6.60. The van der Waals surface area contributed by atoms with E-state index in [-0.39, 0.29) is 6.04 Å². The number of ether oxygens (including phenoxy) is 1. The molecule has 0 aromatic carbocycles. The minimum absolute atomic E-state index is 0.126. The highest BCUT2D eigenvalue weighted by molar-refractivity contribution is 14.1. The van der Waals surface area contributed by atoms with E-state index < -0.39 is 0 Å². The quantitative estimate of drug-likeness (QED) is 0.577. The number of halogens is 1. The number of aromatic nitrogens is 5. The summed E-state index contributed by atoms with van der Waals surface area (Å²) >= 11 is 2.27. The smallest absolute Gasteiger partial charge is 0.318 e. The van der Waals surface area contributed by atoms with Crippen molar-refractivity contribution in [1.82, 2.24) is 24.7 Å². The first kappa shape index (κ1) is 17.3. The summed E-state index contributed by atoms with van der Waals surface area (Å²) in [6.45, 7) is 0. The summed E-state index contributed by atoms with van der Waals surface area (Å²) in [5.74, 6) is 0.523. The zero-order chi connectivity index (χ0) is 18.1. The highest BCUT2D eigenvalue weighted by atomic mass is 127. The summed E-state index contributed by atoms with van der Waals surface area (Å²) in [5, 5.41) is 14.8. The van der Waals surface area contributed by atoms with Gasteiger partial charge in [-0.1, -0.05) is 12.8 Å². The van der Waals surface area contributed by atoms with E-state index in [4.69, 9.17) is 4.74 Å². The molecule has 1 aliphatic carbocycles. The molecule has 3 aromatic rings. The Morgan fingerprint density at radius 1 is 1.42 bits per heavy atom. The predicted molar refractivity (Wildman–Crippen MR) is 106 cm³/mol. The number of nitrogens with zero attached hydrogens (tertiary/aromatic N) is 5. The van der Waals surface area contributed by atoms with E-state index in [1.165, 1.54) is 25.7 Å². The number of nitriles is 1. The van der Waals surface area contributed by atoms with E-state index in [1.807, 2.05) is 23.3 Å². The van der Waals surface area contributed by atoms with Crippen LogP contribution in [-0.2, 0) is 0 Å². The van der Waals surface area contributed by atoms with Crippen LogP contribution >= 0.6 is 22.6 Å². The van der Waals surface area contributed by atoms with Gasteiger partial charge < -0.3 is 9.72 Å². The summed E-state index contributed by atoms with van der Waals surface area (Å²) in [6, 6.07) is 2.78. The lowest BCUT2D eigenvalue weighted by molar-refractivity contribution is 0.315. The van der Waals surface area contributed by atoms with Crippen molar-refractivity contribution in [3.05, 3.63) is 22.2 Å². The number of fused-ring (bicyclic) bond motifs is 1. The molecule has 8 heteroatoms. The van der Waals surface area contributed by atoms with E-state index in [9.17, 15) is 5.26 Å². The van der Waals surface area contributed by atoms with Crippen molar-refractivity contribution >= 4 is 33.6 Å². The molecule has 7 nitrogen and oxygen atoms in total. The Morgan fingerprint density at radius 2 is 2.23 bits per heavy atom. The van der Waals surface area contributed by atoms with Crippen molar-refractivity contribution in [2.45, 2.75) is 38.1 Å². The number of H-pyrrole nitrogens is 1. The third-order valence-electron chi connectivity index (χ3n) is 5.10. The molecule has 4 rings (SSSR count). The average molecular weight is 462 g/mol. The fraction of sp³-hybridized carbons (Fsp3) is 0.444. The van der Waals surface area contributed by atoms with Crippen LogP contribution in [0, 0.1) is 20.8 Å². The van der Waals surface area contributed by atoms with Crippen LogP contribution in [0.3, 0.4) is 0 Å². The van der Waals surface area contributed by atoms with E-state index in [2.05, 4.69) is 48.7 Å². The standard InChI is InChI=1S/C18H19IN6O/c1-26-18-23-16(15-13(19)9-21-17(15)24-18)12-8-22-25(10-12)14(6-7-20)11-4-2-3-5-11/h8-11,14H,2-6H2,1H3,(H,21,23,24). The van der Waals surface area contributed by atoms with Crippen molar-refractivity contribution in [2.24, 2.45) is 5.92 Å². The number of methoxy groups -OCH3 is 1. The first-order valence-corrected chi connectivity index (χ1v) is 9.79. The van der Waals surface area contributed by atoms with Gasteiger partial charge in [0, 0.05) is 21.5 Å². The molecule has 1 aliphatic rings. The van der Waals surface area contributed by atoms with Gasteiger partial charge in [-0.15, -0.1) is 0 Å². The Balaban J connectivity index is 1.77. The SMILES string of the molecule is COc1nc(-c2cnn(C(CC#N)C3CCCC3)c2)c2c(I)c[nH]c2n1. The molecule has 134 valence electrons. The highest BCUT2D eigenvalue weighted by Gasteiger charge is 2.27. The first-order chi connectivity index (χ1) is 12.7. The third kappa shape index (κ3) is 3.05. The minimum Gasteiger partial charge on any atom is -0.467 e. The largest absolute Gasteiger partial charge is 0.467 e. The van der Waals surface area contributed by atoms with Crippen molar-refractivity contribution in [2.75, 3.05) is 7.11 Å². The van der Waals surface area contributed by atoms with Gasteiger partial charge in [-0.25, -0.2) is 0 Å². The molecule has 0 bridgehead atoms. The predicted octanol–water partition coefficient (Wildman–Crippen LogP) is 4.08. The number of hydrogen-bond donors (Lipinski definition) is 1. The lowest BCUT2D eigenvalue weighted by Gasteiger charge is -2.21. The van der Waals surface area contributed by atoms with Gasteiger partial charge in [0.15, 0.2) is 0 Å². The number of aromatic amines is 1. The van der Waals surface area contributed by atoms with Gasteiger partial charge in [0.1, 0.15) is 5.65 Å². The van der Waals surface area contributed by atoms with Gasteiger partial charge in [0.05, 0.1) is 42.9 Å². The maximum atomic E-state index is 9.27. The molecule has 0 radical (unpaired) electrons. The molecule has 0 aliphatic heterocycles. The van der Waals surface area contributed by atoms with Crippen LogP contribution < -0.4 is 4.74 Å². The van der Waals surface area contributed by atoms with E-state index in [0.29, 0.717) is 18.3 Å². The molecule has 1 saturated carbocycles. The summed E-state index contributed by atoms with van der Waals surface area (Å²) < 4.78 is 8.25. The second-order valence-corrected chi connectivity index (χ2v) is 7.76. The third-order valence-corrected chi connectivity index (χ3v) is 5.96. The number of nitrogens with one attached hydrogen (secondary N) is 1. The Morgan fingerprint density at radius 3 is 2.96 bits per heavy atom. The second kappa shape index (κ2) is 7.23. The van der Waals surface area contributed by atoms with Crippen molar-refractivity contribution in [1.29, 1.82) is 5.26 Å². The van der Waals surface area contributed by atoms with Crippen LogP contribution in [0.1, 0.15) is 38.1 Å². The average Bonchev–Trinajstić information content (AvgIpc) is 3.40. The minimum atomic E-state index is 0.126. The molecule has 0 saturated heterocycles. The Bertz CT molecular complexity index is 966.